The SMILES string of the molecule is CC[C@H]1CN(c2nc(N)c(C(=O)OC)nc2Cl)CCN1C1CCN(C(=O)OC(C)(C)C)CC1. The van der Waals surface area contributed by atoms with Crippen LogP contribution in [-0.4, -0.2) is 89.3 Å². The van der Waals surface area contributed by atoms with Gasteiger partial charge < -0.3 is 25.0 Å². The minimum absolute atomic E-state index is 0.00578. The van der Waals surface area contributed by atoms with E-state index in [0.29, 0.717) is 37.5 Å². The van der Waals surface area contributed by atoms with Gasteiger partial charge in [0.05, 0.1) is 7.11 Å². The van der Waals surface area contributed by atoms with Crippen LogP contribution in [0.5, 0.6) is 0 Å². The number of ether oxygens (including phenoxy) is 2. The van der Waals surface area contributed by atoms with Crippen LogP contribution >= 0.6 is 11.6 Å². The van der Waals surface area contributed by atoms with Crippen LogP contribution in [0, 0.1) is 0 Å². The third kappa shape index (κ3) is 5.97. The van der Waals surface area contributed by atoms with Crippen molar-refractivity contribution in [1.82, 2.24) is 19.8 Å². The molecule has 11 heteroatoms. The van der Waals surface area contributed by atoms with E-state index in [2.05, 4.69) is 31.4 Å². The zero-order valence-corrected chi connectivity index (χ0v) is 20.9. The van der Waals surface area contributed by atoms with Crippen LogP contribution in [-0.2, 0) is 9.47 Å². The summed E-state index contributed by atoms with van der Waals surface area (Å²) >= 11 is 6.36. The van der Waals surface area contributed by atoms with E-state index < -0.39 is 11.6 Å². The number of carbonyl (C=O) groups is 2. The summed E-state index contributed by atoms with van der Waals surface area (Å²) in [6, 6.07) is 0.709. The zero-order chi connectivity index (χ0) is 24.3. The molecule has 1 aromatic heterocycles. The molecule has 1 aromatic rings. The molecule has 0 bridgehead atoms. The predicted molar refractivity (Wildman–Crippen MR) is 127 cm³/mol. The topological polar surface area (TPSA) is 114 Å². The van der Waals surface area contributed by atoms with Crippen molar-refractivity contribution in [3.63, 3.8) is 0 Å². The number of carbonyl (C=O) groups excluding carboxylic acids is 2. The van der Waals surface area contributed by atoms with Crippen molar-refractivity contribution >= 4 is 35.3 Å². The summed E-state index contributed by atoms with van der Waals surface area (Å²) in [5.74, 6) is -0.173. The van der Waals surface area contributed by atoms with Gasteiger partial charge in [-0.2, -0.15) is 0 Å². The minimum Gasteiger partial charge on any atom is -0.464 e. The number of aromatic nitrogens is 2. The number of nitrogen functional groups attached to an aromatic ring is 1. The molecule has 1 atom stereocenters. The zero-order valence-electron chi connectivity index (χ0n) is 20.1. The van der Waals surface area contributed by atoms with E-state index in [4.69, 9.17) is 22.1 Å². The van der Waals surface area contributed by atoms with Crippen LogP contribution < -0.4 is 10.6 Å². The first-order chi connectivity index (χ1) is 15.5. The van der Waals surface area contributed by atoms with Gasteiger partial charge in [0.15, 0.2) is 22.5 Å². The third-order valence-electron chi connectivity index (χ3n) is 6.13. The van der Waals surface area contributed by atoms with Crippen LogP contribution in [0.4, 0.5) is 16.4 Å². The van der Waals surface area contributed by atoms with Gasteiger partial charge in [-0.15, -0.1) is 0 Å². The molecule has 184 valence electrons. The van der Waals surface area contributed by atoms with Crippen molar-refractivity contribution in [2.24, 2.45) is 0 Å². The van der Waals surface area contributed by atoms with E-state index in [1.54, 1.807) is 4.90 Å². The number of anilines is 2. The first-order valence-electron chi connectivity index (χ1n) is 11.4. The first-order valence-corrected chi connectivity index (χ1v) is 11.8. The molecule has 0 spiro atoms. The first kappa shape index (κ1) is 25.3. The number of esters is 1. The molecule has 2 fully saturated rings. The number of methoxy groups -OCH3 is 1. The van der Waals surface area contributed by atoms with Crippen LogP contribution in [0.1, 0.15) is 57.4 Å². The minimum atomic E-state index is -0.664. The van der Waals surface area contributed by atoms with Gasteiger partial charge in [0.1, 0.15) is 5.60 Å². The lowest BCUT2D eigenvalue weighted by Gasteiger charge is -2.47. The van der Waals surface area contributed by atoms with Crippen molar-refractivity contribution in [3.8, 4) is 0 Å². The van der Waals surface area contributed by atoms with Crippen molar-refractivity contribution in [2.75, 3.05) is 50.5 Å². The molecule has 2 aliphatic heterocycles. The fourth-order valence-corrected chi connectivity index (χ4v) is 4.73. The Hall–Kier alpha value is -2.33. The molecule has 0 unspecified atom stereocenters. The molecule has 3 heterocycles. The van der Waals surface area contributed by atoms with E-state index in [0.717, 1.165) is 32.4 Å². The van der Waals surface area contributed by atoms with Crippen molar-refractivity contribution in [3.05, 3.63) is 10.8 Å². The molecule has 2 saturated heterocycles. The Balaban J connectivity index is 1.63. The molecular formula is C22H35ClN6O4. The van der Waals surface area contributed by atoms with Crippen LogP contribution in [0.2, 0.25) is 5.15 Å². The Morgan fingerprint density at radius 2 is 1.82 bits per heavy atom. The second-order valence-electron chi connectivity index (χ2n) is 9.51. The molecule has 0 radical (unpaired) electrons. The number of nitrogens with two attached hydrogens (primary N) is 1. The van der Waals surface area contributed by atoms with E-state index >= 15 is 0 Å². The van der Waals surface area contributed by atoms with Crippen LogP contribution in [0.3, 0.4) is 0 Å². The molecule has 33 heavy (non-hydrogen) atoms. The summed E-state index contributed by atoms with van der Waals surface area (Å²) in [6.45, 7) is 11.5. The van der Waals surface area contributed by atoms with Crippen molar-refractivity contribution < 1.29 is 19.1 Å². The highest BCUT2D eigenvalue weighted by atomic mass is 35.5. The molecule has 10 nitrogen and oxygen atoms in total. The summed E-state index contributed by atoms with van der Waals surface area (Å²) < 4.78 is 10.2. The van der Waals surface area contributed by atoms with E-state index in [1.165, 1.54) is 7.11 Å². The standard InChI is InChI=1S/C22H35ClN6O4/c1-6-14-13-28(19-17(23)25-16(18(24)26-19)20(30)32-5)11-12-29(14)15-7-9-27(10-8-15)21(31)33-22(2,3)4/h14-15H,6-13H2,1-5H3,(H2,24,26)/t14-/m0/s1. The van der Waals surface area contributed by atoms with Gasteiger partial charge in [0, 0.05) is 44.8 Å². The summed E-state index contributed by atoms with van der Waals surface area (Å²) in [5, 5.41) is 0.138. The molecule has 2 aliphatic rings. The van der Waals surface area contributed by atoms with Crippen molar-refractivity contribution in [1.29, 1.82) is 0 Å². The number of hydrogen-bond acceptors (Lipinski definition) is 9. The third-order valence-corrected chi connectivity index (χ3v) is 6.38. The Morgan fingerprint density at radius 1 is 1.15 bits per heavy atom. The average Bonchev–Trinajstić information content (AvgIpc) is 2.78. The largest absolute Gasteiger partial charge is 0.464 e. The quantitative estimate of drug-likeness (QED) is 0.646. The number of nitrogens with zero attached hydrogens (tertiary/aromatic N) is 5. The second-order valence-corrected chi connectivity index (χ2v) is 9.87. The molecule has 0 saturated carbocycles. The number of amides is 1. The summed E-state index contributed by atoms with van der Waals surface area (Å²) in [6.07, 6.45) is 2.55. The normalized spacial score (nSPS) is 20.6. The van der Waals surface area contributed by atoms with Crippen molar-refractivity contribution in [2.45, 2.75) is 64.6 Å². The van der Waals surface area contributed by atoms with Gasteiger partial charge in [0.25, 0.3) is 0 Å². The van der Waals surface area contributed by atoms with Crippen LogP contribution in [0.25, 0.3) is 0 Å². The lowest BCUT2D eigenvalue weighted by molar-refractivity contribution is 0.00942. The number of piperidine rings is 1. The monoisotopic (exact) mass is 482 g/mol. The highest BCUT2D eigenvalue weighted by Crippen LogP contribution is 2.30. The molecule has 1 amide bonds. The number of piperazine rings is 1. The van der Waals surface area contributed by atoms with Gasteiger partial charge in [0.2, 0.25) is 0 Å². The molecular weight excluding hydrogens is 448 g/mol. The fourth-order valence-electron chi connectivity index (χ4n) is 4.48. The smallest absolute Gasteiger partial charge is 0.410 e. The Bertz CT molecular complexity index is 869. The van der Waals surface area contributed by atoms with Crippen LogP contribution in [0.15, 0.2) is 0 Å². The lowest BCUT2D eigenvalue weighted by Crippen LogP contribution is -2.59. The number of likely N-dealkylation sites (tertiary alicyclic amines) is 1. The van der Waals surface area contributed by atoms with E-state index in [-0.39, 0.29) is 22.8 Å². The number of rotatable bonds is 4. The van der Waals surface area contributed by atoms with Gasteiger partial charge in [-0.3, -0.25) is 4.90 Å². The Kier molecular flexibility index (Phi) is 7.89. The van der Waals surface area contributed by atoms with E-state index in [1.807, 2.05) is 20.8 Å². The highest BCUT2D eigenvalue weighted by molar-refractivity contribution is 6.32. The van der Waals surface area contributed by atoms with Gasteiger partial charge in [-0.05, 0) is 40.0 Å². The molecule has 2 N–H and O–H groups in total. The van der Waals surface area contributed by atoms with Gasteiger partial charge in [-0.25, -0.2) is 19.6 Å². The van der Waals surface area contributed by atoms with E-state index in [9.17, 15) is 9.59 Å². The number of halogens is 1. The maximum Gasteiger partial charge on any atom is 0.410 e. The molecule has 3 rings (SSSR count). The van der Waals surface area contributed by atoms with Gasteiger partial charge in [-0.1, -0.05) is 18.5 Å². The fraction of sp³-hybridized carbons (Fsp3) is 0.727. The number of hydrogen-bond donors (Lipinski definition) is 1. The average molecular weight is 483 g/mol. The maximum absolute atomic E-state index is 12.4. The Morgan fingerprint density at radius 3 is 2.39 bits per heavy atom. The van der Waals surface area contributed by atoms with Gasteiger partial charge >= 0.3 is 12.1 Å². The molecule has 0 aliphatic carbocycles. The maximum atomic E-state index is 12.4. The predicted octanol–water partition coefficient (Wildman–Crippen LogP) is 2.80. The highest BCUT2D eigenvalue weighted by Gasteiger charge is 2.36. The summed E-state index contributed by atoms with van der Waals surface area (Å²) in [5.41, 5.74) is 5.39. The second kappa shape index (κ2) is 10.3. The lowest BCUT2D eigenvalue weighted by atomic mass is 9.98. The summed E-state index contributed by atoms with van der Waals surface area (Å²) in [7, 11) is 1.26. The molecule has 0 aromatic carbocycles. The Labute approximate surface area is 200 Å². The summed E-state index contributed by atoms with van der Waals surface area (Å²) in [4.78, 5) is 39.1.